The molecule has 2 N–H and O–H groups in total. The lowest BCUT2D eigenvalue weighted by molar-refractivity contribution is 0.503. The summed E-state index contributed by atoms with van der Waals surface area (Å²) in [6.07, 6.45) is 1.71. The molecule has 0 amide bonds. The number of hydrogen-bond donors (Lipinski definition) is 1. The number of rotatable bonds is 5. The quantitative estimate of drug-likeness (QED) is 0.858. The van der Waals surface area contributed by atoms with E-state index in [4.69, 9.17) is 10.2 Å². The van der Waals surface area contributed by atoms with E-state index in [-0.39, 0.29) is 0 Å². The summed E-state index contributed by atoms with van der Waals surface area (Å²) < 4.78 is 5.38. The molecule has 0 saturated carbocycles. The molecule has 0 aliphatic carbocycles. The van der Waals surface area contributed by atoms with Gasteiger partial charge in [0.1, 0.15) is 5.76 Å². The molecule has 0 unspecified atom stereocenters. The molecule has 3 nitrogen and oxygen atoms in total. The molecule has 0 aliphatic heterocycles. The molecule has 2 aromatic rings. The summed E-state index contributed by atoms with van der Waals surface area (Å²) >= 11 is 0. The van der Waals surface area contributed by atoms with E-state index in [1.807, 2.05) is 24.3 Å². The zero-order valence-corrected chi connectivity index (χ0v) is 10.1. The van der Waals surface area contributed by atoms with Crippen molar-refractivity contribution in [3.8, 4) is 0 Å². The minimum absolute atomic E-state index is 0.576. The maximum atomic E-state index is 5.66. The van der Waals surface area contributed by atoms with Crippen LogP contribution in [0.3, 0.4) is 0 Å². The summed E-state index contributed by atoms with van der Waals surface area (Å²) in [6.45, 7) is 4.44. The maximum Gasteiger partial charge on any atom is 0.123 e. The van der Waals surface area contributed by atoms with E-state index in [1.165, 1.54) is 5.69 Å². The zero-order chi connectivity index (χ0) is 12.1. The molecule has 0 bridgehead atoms. The summed E-state index contributed by atoms with van der Waals surface area (Å²) in [6, 6.07) is 12.2. The summed E-state index contributed by atoms with van der Waals surface area (Å²) in [4.78, 5) is 2.26. The fraction of sp³-hybridized carbons (Fsp3) is 0.286. The molecule has 2 rings (SSSR count). The highest BCUT2D eigenvalue weighted by Crippen LogP contribution is 2.18. The van der Waals surface area contributed by atoms with Gasteiger partial charge >= 0.3 is 0 Å². The highest BCUT2D eigenvalue weighted by molar-refractivity contribution is 5.48. The maximum absolute atomic E-state index is 5.66. The lowest BCUT2D eigenvalue weighted by atomic mass is 10.2. The van der Waals surface area contributed by atoms with Gasteiger partial charge in [0, 0.05) is 18.8 Å². The van der Waals surface area contributed by atoms with Crippen molar-refractivity contribution in [2.24, 2.45) is 5.73 Å². The fourth-order valence-corrected chi connectivity index (χ4v) is 1.86. The monoisotopic (exact) mass is 230 g/mol. The van der Waals surface area contributed by atoms with Gasteiger partial charge in [-0.05, 0) is 36.8 Å². The third-order valence-electron chi connectivity index (χ3n) is 2.82. The van der Waals surface area contributed by atoms with E-state index in [2.05, 4.69) is 24.0 Å². The first-order valence-corrected chi connectivity index (χ1v) is 5.90. The van der Waals surface area contributed by atoms with E-state index in [0.29, 0.717) is 6.54 Å². The van der Waals surface area contributed by atoms with Gasteiger partial charge in [-0.2, -0.15) is 0 Å². The summed E-state index contributed by atoms with van der Waals surface area (Å²) in [5.41, 5.74) is 8.00. The highest BCUT2D eigenvalue weighted by atomic mass is 16.3. The SMILES string of the molecule is CCN(Cc1ccco1)c1cccc(CN)c1. The van der Waals surface area contributed by atoms with Gasteiger partial charge in [-0.15, -0.1) is 0 Å². The predicted octanol–water partition coefficient (Wildman–Crippen LogP) is 2.76. The molecule has 1 aromatic heterocycles. The summed E-state index contributed by atoms with van der Waals surface area (Å²) in [7, 11) is 0. The van der Waals surface area contributed by atoms with Gasteiger partial charge < -0.3 is 15.1 Å². The van der Waals surface area contributed by atoms with Crippen LogP contribution in [0.15, 0.2) is 47.1 Å². The lowest BCUT2D eigenvalue weighted by Gasteiger charge is -2.22. The third-order valence-corrected chi connectivity index (χ3v) is 2.82. The predicted molar refractivity (Wildman–Crippen MR) is 69.8 cm³/mol. The van der Waals surface area contributed by atoms with Crippen molar-refractivity contribution in [1.82, 2.24) is 0 Å². The Morgan fingerprint density at radius 2 is 2.12 bits per heavy atom. The molecule has 0 aliphatic rings. The number of nitrogens with zero attached hydrogens (tertiary/aromatic N) is 1. The van der Waals surface area contributed by atoms with E-state index < -0.39 is 0 Å². The van der Waals surface area contributed by atoms with Gasteiger partial charge in [0.25, 0.3) is 0 Å². The second kappa shape index (κ2) is 5.55. The molecule has 1 aromatic carbocycles. The van der Waals surface area contributed by atoms with Crippen LogP contribution in [0.4, 0.5) is 5.69 Å². The van der Waals surface area contributed by atoms with Crippen LogP contribution < -0.4 is 10.6 Å². The molecule has 0 spiro atoms. The van der Waals surface area contributed by atoms with E-state index in [9.17, 15) is 0 Å². The van der Waals surface area contributed by atoms with Crippen molar-refractivity contribution < 1.29 is 4.42 Å². The Kier molecular flexibility index (Phi) is 3.83. The molecule has 1 heterocycles. The van der Waals surface area contributed by atoms with Crippen molar-refractivity contribution in [1.29, 1.82) is 0 Å². The Bertz CT molecular complexity index is 451. The molecular weight excluding hydrogens is 212 g/mol. The van der Waals surface area contributed by atoms with Gasteiger partial charge in [0.15, 0.2) is 0 Å². The van der Waals surface area contributed by atoms with Gasteiger partial charge in [-0.3, -0.25) is 0 Å². The van der Waals surface area contributed by atoms with Gasteiger partial charge in [-0.1, -0.05) is 12.1 Å². The van der Waals surface area contributed by atoms with E-state index in [0.717, 1.165) is 24.4 Å². The normalized spacial score (nSPS) is 10.5. The number of hydrogen-bond acceptors (Lipinski definition) is 3. The van der Waals surface area contributed by atoms with Gasteiger partial charge in [0.2, 0.25) is 0 Å². The van der Waals surface area contributed by atoms with Crippen LogP contribution in [-0.2, 0) is 13.1 Å². The lowest BCUT2D eigenvalue weighted by Crippen LogP contribution is -2.21. The van der Waals surface area contributed by atoms with Gasteiger partial charge in [0.05, 0.1) is 12.8 Å². The zero-order valence-electron chi connectivity index (χ0n) is 10.1. The van der Waals surface area contributed by atoms with Crippen LogP contribution in [-0.4, -0.2) is 6.54 Å². The molecule has 3 heteroatoms. The largest absolute Gasteiger partial charge is 0.467 e. The van der Waals surface area contributed by atoms with E-state index >= 15 is 0 Å². The van der Waals surface area contributed by atoms with Crippen LogP contribution in [0.2, 0.25) is 0 Å². The number of anilines is 1. The molecule has 90 valence electrons. The van der Waals surface area contributed by atoms with Crippen LogP contribution in [0.5, 0.6) is 0 Å². The first kappa shape index (κ1) is 11.7. The molecule has 0 saturated heterocycles. The number of furan rings is 1. The summed E-state index contributed by atoms with van der Waals surface area (Å²) in [5.74, 6) is 0.977. The highest BCUT2D eigenvalue weighted by Gasteiger charge is 2.07. The average molecular weight is 230 g/mol. The van der Waals surface area contributed by atoms with Crippen LogP contribution >= 0.6 is 0 Å². The van der Waals surface area contributed by atoms with Crippen molar-refractivity contribution in [3.05, 3.63) is 54.0 Å². The molecule has 17 heavy (non-hydrogen) atoms. The standard InChI is InChI=1S/C14H18N2O/c1-2-16(11-14-7-4-8-17-14)13-6-3-5-12(9-13)10-15/h3-9H,2,10-11,15H2,1H3. The Hall–Kier alpha value is -1.74. The van der Waals surface area contributed by atoms with Gasteiger partial charge in [-0.25, -0.2) is 0 Å². The van der Waals surface area contributed by atoms with Crippen LogP contribution in [0.1, 0.15) is 18.2 Å². The smallest absolute Gasteiger partial charge is 0.123 e. The van der Waals surface area contributed by atoms with Crippen molar-refractivity contribution in [3.63, 3.8) is 0 Å². The molecule has 0 fully saturated rings. The Labute approximate surface area is 102 Å². The van der Waals surface area contributed by atoms with E-state index in [1.54, 1.807) is 6.26 Å². The Morgan fingerprint density at radius 1 is 1.24 bits per heavy atom. The Balaban J connectivity index is 2.16. The fourth-order valence-electron chi connectivity index (χ4n) is 1.86. The molecule has 0 atom stereocenters. The van der Waals surface area contributed by atoms with Crippen LogP contribution in [0, 0.1) is 0 Å². The van der Waals surface area contributed by atoms with Crippen molar-refractivity contribution >= 4 is 5.69 Å². The topological polar surface area (TPSA) is 42.4 Å². The second-order valence-electron chi connectivity index (χ2n) is 3.97. The minimum atomic E-state index is 0.576. The van der Waals surface area contributed by atoms with Crippen LogP contribution in [0.25, 0.3) is 0 Å². The minimum Gasteiger partial charge on any atom is -0.467 e. The Morgan fingerprint density at radius 3 is 2.76 bits per heavy atom. The molecule has 0 radical (unpaired) electrons. The first-order chi connectivity index (χ1) is 8.33. The number of nitrogens with two attached hydrogens (primary N) is 1. The van der Waals surface area contributed by atoms with Crippen molar-refractivity contribution in [2.75, 3.05) is 11.4 Å². The van der Waals surface area contributed by atoms with Crippen molar-refractivity contribution in [2.45, 2.75) is 20.0 Å². The molecular formula is C14H18N2O. The average Bonchev–Trinajstić information content (AvgIpc) is 2.89. The number of benzene rings is 1. The third kappa shape index (κ3) is 2.88. The summed E-state index contributed by atoms with van der Waals surface area (Å²) in [5, 5.41) is 0. The second-order valence-corrected chi connectivity index (χ2v) is 3.97. The first-order valence-electron chi connectivity index (χ1n) is 5.90.